The summed E-state index contributed by atoms with van der Waals surface area (Å²) >= 11 is 0. The summed E-state index contributed by atoms with van der Waals surface area (Å²) in [4.78, 5) is 21.3. The van der Waals surface area contributed by atoms with Gasteiger partial charge in [0.05, 0.1) is 6.61 Å². The average molecular weight is 267 g/mol. The van der Waals surface area contributed by atoms with Gasteiger partial charge in [0.2, 0.25) is 0 Å². The summed E-state index contributed by atoms with van der Waals surface area (Å²) in [7, 11) is 0. The van der Waals surface area contributed by atoms with Crippen molar-refractivity contribution in [3.63, 3.8) is 0 Å². The van der Waals surface area contributed by atoms with E-state index in [0.717, 1.165) is 6.42 Å². The molecule has 106 valence electrons. The highest BCUT2D eigenvalue weighted by atomic mass is 17.3. The summed E-state index contributed by atoms with van der Waals surface area (Å²) in [6.45, 7) is 6.22. The number of carbonyl (C=O) groups is 1. The zero-order valence-corrected chi connectivity index (χ0v) is 11.6. The maximum Gasteiger partial charge on any atom is 0.325 e. The molecule has 0 saturated carbocycles. The molecule has 0 fully saturated rings. The normalized spacial score (nSPS) is 12.2. The molecule has 0 spiro atoms. The zero-order chi connectivity index (χ0) is 14.1. The number of carbonyl (C=O) groups excluding carboxylic acids is 1. The van der Waals surface area contributed by atoms with Crippen LogP contribution in [0.1, 0.15) is 27.2 Å². The van der Waals surface area contributed by atoms with E-state index in [1.807, 2.05) is 18.2 Å². The Balaban J connectivity index is 2.16. The van der Waals surface area contributed by atoms with Crippen molar-refractivity contribution >= 4 is 5.97 Å². The second kappa shape index (κ2) is 8.50. The van der Waals surface area contributed by atoms with Crippen molar-refractivity contribution in [2.45, 2.75) is 33.2 Å². The van der Waals surface area contributed by atoms with E-state index < -0.39 is 6.04 Å². The maximum atomic E-state index is 11.5. The van der Waals surface area contributed by atoms with Crippen molar-refractivity contribution in [1.82, 2.24) is 5.48 Å². The van der Waals surface area contributed by atoms with Crippen LogP contribution < -0.4 is 10.4 Å². The van der Waals surface area contributed by atoms with E-state index in [1.165, 1.54) is 0 Å². The number of hydrogen-bond donors (Lipinski definition) is 1. The number of esters is 1. The summed E-state index contributed by atoms with van der Waals surface area (Å²) < 4.78 is 5.08. The Kier molecular flexibility index (Phi) is 6.92. The third-order valence-corrected chi connectivity index (χ3v) is 2.40. The van der Waals surface area contributed by atoms with Gasteiger partial charge in [-0.2, -0.15) is 0 Å². The van der Waals surface area contributed by atoms with Gasteiger partial charge in [0.15, 0.2) is 5.75 Å². The van der Waals surface area contributed by atoms with Gasteiger partial charge in [-0.05, 0) is 31.4 Å². The first-order chi connectivity index (χ1) is 9.09. The summed E-state index contributed by atoms with van der Waals surface area (Å²) in [5, 5.41) is 0. The van der Waals surface area contributed by atoms with Crippen LogP contribution in [0.3, 0.4) is 0 Å². The van der Waals surface area contributed by atoms with Gasteiger partial charge in [0.25, 0.3) is 0 Å². The summed E-state index contributed by atoms with van der Waals surface area (Å²) in [5.74, 6) is 0.696. The third-order valence-electron chi connectivity index (χ3n) is 2.40. The molecule has 0 unspecified atom stereocenters. The second-order valence-electron chi connectivity index (χ2n) is 4.67. The van der Waals surface area contributed by atoms with Crippen LogP contribution in [0.5, 0.6) is 5.75 Å². The molecule has 1 atom stereocenters. The molecule has 0 heterocycles. The van der Waals surface area contributed by atoms with E-state index in [-0.39, 0.29) is 5.97 Å². The Labute approximate surface area is 113 Å². The van der Waals surface area contributed by atoms with Crippen molar-refractivity contribution in [1.29, 1.82) is 0 Å². The highest BCUT2D eigenvalue weighted by molar-refractivity contribution is 5.74. The minimum absolute atomic E-state index is 0.364. The molecule has 1 aromatic carbocycles. The predicted octanol–water partition coefficient (Wildman–Crippen LogP) is 2.48. The Morgan fingerprint density at radius 2 is 1.89 bits per heavy atom. The smallest absolute Gasteiger partial charge is 0.325 e. The molecular formula is C14H21NO4. The minimum Gasteiger partial charge on any atom is -0.464 e. The van der Waals surface area contributed by atoms with E-state index in [1.54, 1.807) is 19.1 Å². The molecule has 19 heavy (non-hydrogen) atoms. The molecule has 0 amide bonds. The fourth-order valence-electron chi connectivity index (χ4n) is 1.19. The lowest BCUT2D eigenvalue weighted by molar-refractivity contribution is -0.265. The van der Waals surface area contributed by atoms with E-state index in [2.05, 4.69) is 19.3 Å². The van der Waals surface area contributed by atoms with Gasteiger partial charge < -0.3 is 9.62 Å². The predicted molar refractivity (Wildman–Crippen MR) is 71.2 cm³/mol. The van der Waals surface area contributed by atoms with E-state index in [9.17, 15) is 4.79 Å². The van der Waals surface area contributed by atoms with Gasteiger partial charge in [-0.3, -0.25) is 4.79 Å². The molecule has 0 radical (unpaired) electrons. The molecule has 0 bridgehead atoms. The first kappa shape index (κ1) is 15.5. The fraction of sp³-hybridized carbons (Fsp3) is 0.500. The highest BCUT2D eigenvalue weighted by Gasteiger charge is 2.14. The lowest BCUT2D eigenvalue weighted by Crippen LogP contribution is -2.36. The Morgan fingerprint density at radius 1 is 1.21 bits per heavy atom. The van der Waals surface area contributed by atoms with Crippen LogP contribution in [-0.2, 0) is 14.5 Å². The van der Waals surface area contributed by atoms with Gasteiger partial charge in [-0.25, -0.2) is 0 Å². The lowest BCUT2D eigenvalue weighted by atomic mass is 10.1. The topological polar surface area (TPSA) is 56.8 Å². The Bertz CT molecular complexity index is 367. The van der Waals surface area contributed by atoms with Crippen LogP contribution in [0.2, 0.25) is 0 Å². The lowest BCUT2D eigenvalue weighted by Gasteiger charge is -2.13. The monoisotopic (exact) mass is 267 g/mol. The number of para-hydroxylation sites is 1. The van der Waals surface area contributed by atoms with Crippen molar-refractivity contribution in [2.75, 3.05) is 6.61 Å². The summed E-state index contributed by atoms with van der Waals surface area (Å²) in [6.07, 6.45) is 0.847. The number of hydroxylamine groups is 1. The fourth-order valence-corrected chi connectivity index (χ4v) is 1.19. The molecule has 0 aliphatic heterocycles. The molecule has 5 nitrogen and oxygen atoms in total. The molecule has 1 N–H and O–H groups in total. The van der Waals surface area contributed by atoms with Crippen LogP contribution in [0, 0.1) is 5.92 Å². The van der Waals surface area contributed by atoms with E-state index >= 15 is 0 Å². The Morgan fingerprint density at radius 3 is 2.53 bits per heavy atom. The quantitative estimate of drug-likeness (QED) is 0.445. The third kappa shape index (κ3) is 6.79. The van der Waals surface area contributed by atoms with Crippen molar-refractivity contribution in [3.8, 4) is 5.75 Å². The first-order valence-electron chi connectivity index (χ1n) is 6.40. The number of rotatable bonds is 8. The molecule has 0 aliphatic rings. The minimum atomic E-state index is -0.587. The number of hydrogen-bond acceptors (Lipinski definition) is 5. The number of ether oxygens (including phenoxy) is 1. The average Bonchev–Trinajstić information content (AvgIpc) is 2.39. The molecule has 1 rings (SSSR count). The van der Waals surface area contributed by atoms with Crippen LogP contribution in [-0.4, -0.2) is 18.6 Å². The molecule has 0 saturated heterocycles. The van der Waals surface area contributed by atoms with Crippen LogP contribution in [0.25, 0.3) is 0 Å². The summed E-state index contributed by atoms with van der Waals surface area (Å²) in [5.41, 5.74) is 2.47. The van der Waals surface area contributed by atoms with Gasteiger partial charge in [-0.1, -0.05) is 37.0 Å². The standard InChI is InChI=1S/C14H21NO4/c1-11(2)9-10-17-14(16)12(3)15-19-18-13-7-5-4-6-8-13/h4-8,11-12,15H,9-10H2,1-3H3/t12-/m0/s1. The maximum absolute atomic E-state index is 11.5. The summed E-state index contributed by atoms with van der Waals surface area (Å²) in [6, 6.07) is 8.41. The van der Waals surface area contributed by atoms with Crippen molar-refractivity contribution in [2.24, 2.45) is 5.92 Å². The molecular weight excluding hydrogens is 246 g/mol. The van der Waals surface area contributed by atoms with Gasteiger partial charge in [-0.15, -0.1) is 5.48 Å². The van der Waals surface area contributed by atoms with Crippen LogP contribution in [0.15, 0.2) is 30.3 Å². The largest absolute Gasteiger partial charge is 0.464 e. The molecule has 1 aromatic rings. The van der Waals surface area contributed by atoms with E-state index in [4.69, 9.17) is 14.6 Å². The first-order valence-corrected chi connectivity index (χ1v) is 6.40. The van der Waals surface area contributed by atoms with E-state index in [0.29, 0.717) is 18.3 Å². The molecule has 5 heteroatoms. The molecule has 0 aliphatic carbocycles. The molecule has 0 aromatic heterocycles. The second-order valence-corrected chi connectivity index (χ2v) is 4.67. The van der Waals surface area contributed by atoms with Gasteiger partial charge >= 0.3 is 5.97 Å². The van der Waals surface area contributed by atoms with Crippen LogP contribution >= 0.6 is 0 Å². The SMILES string of the molecule is CC(C)CCOC(=O)[C@H](C)NOOc1ccccc1. The van der Waals surface area contributed by atoms with Gasteiger partial charge in [0.1, 0.15) is 6.04 Å². The number of benzene rings is 1. The van der Waals surface area contributed by atoms with Crippen molar-refractivity contribution < 1.29 is 19.4 Å². The zero-order valence-electron chi connectivity index (χ0n) is 11.6. The highest BCUT2D eigenvalue weighted by Crippen LogP contribution is 2.07. The van der Waals surface area contributed by atoms with Crippen molar-refractivity contribution in [3.05, 3.63) is 30.3 Å². The van der Waals surface area contributed by atoms with Gasteiger partial charge in [0, 0.05) is 0 Å². The Hall–Kier alpha value is -1.59. The number of nitrogens with one attached hydrogen (secondary N) is 1. The van der Waals surface area contributed by atoms with Crippen LogP contribution in [0.4, 0.5) is 0 Å².